The molecule has 0 amide bonds. The van der Waals surface area contributed by atoms with Crippen molar-refractivity contribution in [3.05, 3.63) is 42.2 Å². The summed E-state index contributed by atoms with van der Waals surface area (Å²) >= 11 is 0. The molecule has 0 spiro atoms. The fourth-order valence-corrected chi connectivity index (χ4v) is 1.92. The maximum Gasteiger partial charge on any atom is 0.230 e. The van der Waals surface area contributed by atoms with Gasteiger partial charge in [-0.2, -0.15) is 0 Å². The van der Waals surface area contributed by atoms with Gasteiger partial charge in [-0.15, -0.1) is 0 Å². The van der Waals surface area contributed by atoms with E-state index < -0.39 is 0 Å². The van der Waals surface area contributed by atoms with Gasteiger partial charge in [-0.3, -0.25) is 0 Å². The Hall–Kier alpha value is -2.14. The van der Waals surface area contributed by atoms with Gasteiger partial charge in [0.25, 0.3) is 0 Å². The lowest BCUT2D eigenvalue weighted by atomic mass is 10.2. The Kier molecular flexibility index (Phi) is 4.90. The first kappa shape index (κ1) is 14.3. The van der Waals surface area contributed by atoms with Crippen molar-refractivity contribution in [3.63, 3.8) is 0 Å². The van der Waals surface area contributed by atoms with Crippen molar-refractivity contribution in [2.45, 2.75) is 13.3 Å². The number of nitrogens with two attached hydrogens (primary N) is 1. The number of hydrogen-bond acceptors (Lipinski definition) is 5. The lowest BCUT2D eigenvalue weighted by Crippen LogP contribution is -2.23. The monoisotopic (exact) mass is 272 g/mol. The summed E-state index contributed by atoms with van der Waals surface area (Å²) in [6.07, 6.45) is 2.65. The molecule has 0 bridgehead atoms. The molecule has 1 aromatic carbocycles. The van der Waals surface area contributed by atoms with Crippen molar-refractivity contribution < 1.29 is 4.74 Å². The molecule has 0 unspecified atom stereocenters. The van der Waals surface area contributed by atoms with Gasteiger partial charge in [0.2, 0.25) is 5.95 Å². The SMILES string of the molecule is COc1ccc(N(CCCN)c2nccc(C)n2)cc1. The van der Waals surface area contributed by atoms with E-state index in [1.165, 1.54) is 0 Å². The molecule has 0 aliphatic heterocycles. The molecule has 0 aliphatic carbocycles. The van der Waals surface area contributed by atoms with Crippen LogP contribution in [-0.2, 0) is 0 Å². The van der Waals surface area contributed by atoms with Crippen LogP contribution in [0.15, 0.2) is 36.5 Å². The van der Waals surface area contributed by atoms with E-state index >= 15 is 0 Å². The lowest BCUT2D eigenvalue weighted by molar-refractivity contribution is 0.415. The van der Waals surface area contributed by atoms with E-state index in [-0.39, 0.29) is 0 Å². The second-order valence-electron chi connectivity index (χ2n) is 4.49. The molecule has 2 aromatic rings. The molecular formula is C15H20N4O. The summed E-state index contributed by atoms with van der Waals surface area (Å²) in [5.41, 5.74) is 7.60. The minimum Gasteiger partial charge on any atom is -0.497 e. The second-order valence-corrected chi connectivity index (χ2v) is 4.49. The highest BCUT2D eigenvalue weighted by Crippen LogP contribution is 2.24. The van der Waals surface area contributed by atoms with Gasteiger partial charge >= 0.3 is 0 Å². The summed E-state index contributed by atoms with van der Waals surface area (Å²) in [6.45, 7) is 3.38. The van der Waals surface area contributed by atoms with Crippen LogP contribution in [-0.4, -0.2) is 30.2 Å². The summed E-state index contributed by atoms with van der Waals surface area (Å²) < 4.78 is 5.19. The van der Waals surface area contributed by atoms with Crippen LogP contribution in [0.5, 0.6) is 5.75 Å². The van der Waals surface area contributed by atoms with Crippen LogP contribution in [0.2, 0.25) is 0 Å². The first-order chi connectivity index (χ1) is 9.74. The molecule has 0 saturated carbocycles. The number of methoxy groups -OCH3 is 1. The predicted octanol–water partition coefficient (Wildman–Crippen LogP) is 2.28. The van der Waals surface area contributed by atoms with Crippen LogP contribution in [0, 0.1) is 6.92 Å². The van der Waals surface area contributed by atoms with E-state index in [4.69, 9.17) is 10.5 Å². The molecule has 0 saturated heterocycles. The molecule has 0 atom stereocenters. The van der Waals surface area contributed by atoms with Gasteiger partial charge in [-0.05, 0) is 50.2 Å². The molecular weight excluding hydrogens is 252 g/mol. The summed E-state index contributed by atoms with van der Waals surface area (Å²) in [4.78, 5) is 10.9. The molecule has 106 valence electrons. The van der Waals surface area contributed by atoms with Gasteiger partial charge in [-0.1, -0.05) is 0 Å². The average molecular weight is 272 g/mol. The number of nitrogens with zero attached hydrogens (tertiary/aromatic N) is 3. The van der Waals surface area contributed by atoms with Crippen molar-refractivity contribution in [3.8, 4) is 5.75 Å². The number of anilines is 2. The summed E-state index contributed by atoms with van der Waals surface area (Å²) in [5.74, 6) is 1.53. The van der Waals surface area contributed by atoms with Crippen LogP contribution in [0.25, 0.3) is 0 Å². The molecule has 5 nitrogen and oxygen atoms in total. The lowest BCUT2D eigenvalue weighted by Gasteiger charge is -2.22. The zero-order valence-electron chi connectivity index (χ0n) is 11.9. The van der Waals surface area contributed by atoms with Gasteiger partial charge in [0, 0.05) is 24.1 Å². The molecule has 0 radical (unpaired) electrons. The molecule has 0 aliphatic rings. The van der Waals surface area contributed by atoms with Crippen molar-refractivity contribution in [2.24, 2.45) is 5.73 Å². The molecule has 2 N–H and O–H groups in total. The van der Waals surface area contributed by atoms with Crippen LogP contribution < -0.4 is 15.4 Å². The molecule has 20 heavy (non-hydrogen) atoms. The maximum atomic E-state index is 5.62. The smallest absolute Gasteiger partial charge is 0.230 e. The summed E-state index contributed by atoms with van der Waals surface area (Å²) in [6, 6.07) is 9.75. The second kappa shape index (κ2) is 6.86. The largest absolute Gasteiger partial charge is 0.497 e. The molecule has 5 heteroatoms. The van der Waals surface area contributed by atoms with E-state index in [1.54, 1.807) is 13.3 Å². The third-order valence-electron chi connectivity index (χ3n) is 2.99. The van der Waals surface area contributed by atoms with E-state index in [1.807, 2.05) is 37.3 Å². The van der Waals surface area contributed by atoms with Gasteiger partial charge in [-0.25, -0.2) is 9.97 Å². The first-order valence-corrected chi connectivity index (χ1v) is 6.66. The zero-order chi connectivity index (χ0) is 14.4. The Morgan fingerprint density at radius 2 is 1.95 bits per heavy atom. The van der Waals surface area contributed by atoms with Gasteiger partial charge < -0.3 is 15.4 Å². The average Bonchev–Trinajstić information content (AvgIpc) is 2.48. The number of hydrogen-bond donors (Lipinski definition) is 1. The van der Waals surface area contributed by atoms with Crippen LogP contribution in [0.1, 0.15) is 12.1 Å². The van der Waals surface area contributed by atoms with Gasteiger partial charge in [0.1, 0.15) is 5.75 Å². The topological polar surface area (TPSA) is 64.3 Å². The Bertz CT molecular complexity index is 542. The molecule has 0 fully saturated rings. The first-order valence-electron chi connectivity index (χ1n) is 6.66. The Morgan fingerprint density at radius 3 is 2.55 bits per heavy atom. The summed E-state index contributed by atoms with van der Waals surface area (Å²) in [5, 5.41) is 0. The van der Waals surface area contributed by atoms with Gasteiger partial charge in [0.05, 0.1) is 7.11 Å². The minimum atomic E-state index is 0.637. The number of ether oxygens (including phenoxy) is 1. The Balaban J connectivity index is 2.30. The standard InChI is InChI=1S/C15H20N4O/c1-12-8-10-17-15(18-12)19(11-3-9-16)13-4-6-14(20-2)7-5-13/h4-8,10H,3,9,11,16H2,1-2H3. The normalized spacial score (nSPS) is 10.3. The highest BCUT2D eigenvalue weighted by molar-refractivity contribution is 5.58. The van der Waals surface area contributed by atoms with Crippen LogP contribution in [0.4, 0.5) is 11.6 Å². The van der Waals surface area contributed by atoms with Crippen LogP contribution in [0.3, 0.4) is 0 Å². The number of aryl methyl sites for hydroxylation is 1. The van der Waals surface area contributed by atoms with Crippen LogP contribution >= 0.6 is 0 Å². The Morgan fingerprint density at radius 1 is 1.20 bits per heavy atom. The van der Waals surface area contributed by atoms with Gasteiger partial charge in [0.15, 0.2) is 0 Å². The predicted molar refractivity (Wildman–Crippen MR) is 80.4 cm³/mol. The highest BCUT2D eigenvalue weighted by Gasteiger charge is 2.11. The number of aromatic nitrogens is 2. The van der Waals surface area contributed by atoms with E-state index in [9.17, 15) is 0 Å². The quantitative estimate of drug-likeness (QED) is 0.874. The Labute approximate surface area is 119 Å². The van der Waals surface area contributed by atoms with Crippen molar-refractivity contribution in [1.82, 2.24) is 9.97 Å². The fraction of sp³-hybridized carbons (Fsp3) is 0.333. The third-order valence-corrected chi connectivity index (χ3v) is 2.99. The molecule has 1 heterocycles. The summed E-state index contributed by atoms with van der Waals surface area (Å²) in [7, 11) is 1.66. The number of rotatable bonds is 6. The fourth-order valence-electron chi connectivity index (χ4n) is 1.92. The van der Waals surface area contributed by atoms with E-state index in [2.05, 4.69) is 14.9 Å². The maximum absolute atomic E-state index is 5.62. The van der Waals surface area contributed by atoms with Crippen molar-refractivity contribution in [1.29, 1.82) is 0 Å². The molecule has 1 aromatic heterocycles. The molecule has 2 rings (SSSR count). The number of benzene rings is 1. The van der Waals surface area contributed by atoms with Crippen molar-refractivity contribution >= 4 is 11.6 Å². The van der Waals surface area contributed by atoms with E-state index in [0.29, 0.717) is 12.5 Å². The highest BCUT2D eigenvalue weighted by atomic mass is 16.5. The van der Waals surface area contributed by atoms with Crippen molar-refractivity contribution in [2.75, 3.05) is 25.1 Å². The van der Waals surface area contributed by atoms with E-state index in [0.717, 1.165) is 30.1 Å². The third kappa shape index (κ3) is 3.45. The minimum absolute atomic E-state index is 0.637. The zero-order valence-corrected chi connectivity index (χ0v) is 11.9.